The molecule has 6 heteroatoms. The highest BCUT2D eigenvalue weighted by Crippen LogP contribution is 2.24. The summed E-state index contributed by atoms with van der Waals surface area (Å²) in [7, 11) is 0. The van der Waals surface area contributed by atoms with Gasteiger partial charge in [-0.15, -0.1) is 0 Å². The molecule has 1 aromatic rings. The summed E-state index contributed by atoms with van der Waals surface area (Å²) in [4.78, 5) is 24.8. The molecule has 2 rings (SSSR count). The predicted octanol–water partition coefficient (Wildman–Crippen LogP) is 3.05. The number of nitrogens with zero attached hydrogens (tertiary/aromatic N) is 1. The van der Waals surface area contributed by atoms with Crippen LogP contribution in [-0.2, 0) is 4.79 Å². The maximum atomic E-state index is 12.3. The third kappa shape index (κ3) is 3.88. The zero-order valence-corrected chi connectivity index (χ0v) is 12.6. The van der Waals surface area contributed by atoms with Crippen LogP contribution in [0.4, 0.5) is 4.79 Å². The number of amides is 2. The lowest BCUT2D eigenvalue weighted by Crippen LogP contribution is -2.44. The van der Waals surface area contributed by atoms with Gasteiger partial charge in [-0.25, -0.2) is 4.79 Å². The second-order valence-electron chi connectivity index (χ2n) is 5.28. The monoisotopic (exact) mass is 310 g/mol. The van der Waals surface area contributed by atoms with Gasteiger partial charge in [0, 0.05) is 17.6 Å². The second kappa shape index (κ2) is 6.80. The topological polar surface area (TPSA) is 69.6 Å². The van der Waals surface area contributed by atoms with Gasteiger partial charge < -0.3 is 15.3 Å². The van der Waals surface area contributed by atoms with Gasteiger partial charge in [0.15, 0.2) is 0 Å². The molecule has 2 amide bonds. The van der Waals surface area contributed by atoms with Crippen LogP contribution in [0.25, 0.3) is 0 Å². The minimum atomic E-state index is -0.876. The fourth-order valence-electron chi connectivity index (χ4n) is 2.69. The third-order valence-corrected chi connectivity index (χ3v) is 4.10. The van der Waals surface area contributed by atoms with Gasteiger partial charge in [0.2, 0.25) is 0 Å². The number of carbonyl (C=O) groups excluding carboxylic acids is 1. The number of likely N-dealkylation sites (tertiary alicyclic amines) is 1. The van der Waals surface area contributed by atoms with Gasteiger partial charge in [0.25, 0.3) is 0 Å². The molecular weight excluding hydrogens is 292 g/mol. The van der Waals surface area contributed by atoms with Crippen LogP contribution < -0.4 is 5.32 Å². The van der Waals surface area contributed by atoms with Crippen LogP contribution in [0.5, 0.6) is 0 Å². The van der Waals surface area contributed by atoms with Crippen LogP contribution >= 0.6 is 11.6 Å². The van der Waals surface area contributed by atoms with Crippen LogP contribution in [0.2, 0.25) is 5.02 Å². The SMILES string of the molecule is CC(NC(=O)N1CCCC1CC(=O)O)c1ccccc1Cl. The maximum Gasteiger partial charge on any atom is 0.318 e. The molecule has 0 saturated carbocycles. The van der Waals surface area contributed by atoms with Crippen molar-refractivity contribution in [3.63, 3.8) is 0 Å². The van der Waals surface area contributed by atoms with Crippen molar-refractivity contribution in [2.45, 2.75) is 38.3 Å². The summed E-state index contributed by atoms with van der Waals surface area (Å²) >= 11 is 6.12. The minimum absolute atomic E-state index is 0.00606. The first kappa shape index (κ1) is 15.6. The molecule has 2 atom stereocenters. The number of hydrogen-bond acceptors (Lipinski definition) is 2. The Morgan fingerprint density at radius 3 is 2.86 bits per heavy atom. The lowest BCUT2D eigenvalue weighted by Gasteiger charge is -2.26. The number of carboxylic acids is 1. The first-order valence-electron chi connectivity index (χ1n) is 7.02. The largest absolute Gasteiger partial charge is 0.481 e. The number of benzene rings is 1. The number of aliphatic carboxylic acids is 1. The number of halogens is 1. The van der Waals surface area contributed by atoms with Crippen LogP contribution in [0.15, 0.2) is 24.3 Å². The first-order chi connectivity index (χ1) is 9.99. The highest BCUT2D eigenvalue weighted by atomic mass is 35.5. The van der Waals surface area contributed by atoms with Crippen molar-refractivity contribution in [2.24, 2.45) is 0 Å². The molecule has 1 heterocycles. The summed E-state index contributed by atoms with van der Waals surface area (Å²) < 4.78 is 0. The molecule has 114 valence electrons. The van der Waals surface area contributed by atoms with Crippen molar-refractivity contribution in [2.75, 3.05) is 6.54 Å². The van der Waals surface area contributed by atoms with E-state index in [0.717, 1.165) is 18.4 Å². The van der Waals surface area contributed by atoms with Crippen molar-refractivity contribution >= 4 is 23.6 Å². The summed E-state index contributed by atoms with van der Waals surface area (Å²) in [5.74, 6) is -0.876. The highest BCUT2D eigenvalue weighted by molar-refractivity contribution is 6.31. The van der Waals surface area contributed by atoms with Crippen molar-refractivity contribution in [3.05, 3.63) is 34.9 Å². The zero-order valence-electron chi connectivity index (χ0n) is 11.9. The molecule has 0 aromatic heterocycles. The average molecular weight is 311 g/mol. The lowest BCUT2D eigenvalue weighted by molar-refractivity contribution is -0.137. The minimum Gasteiger partial charge on any atom is -0.481 e. The molecule has 1 aliphatic rings. The molecule has 2 unspecified atom stereocenters. The molecular formula is C15H19ClN2O3. The molecule has 1 aliphatic heterocycles. The van der Waals surface area contributed by atoms with Gasteiger partial charge in [-0.2, -0.15) is 0 Å². The van der Waals surface area contributed by atoms with Gasteiger partial charge in [-0.1, -0.05) is 29.8 Å². The Hall–Kier alpha value is -1.75. The smallest absolute Gasteiger partial charge is 0.318 e. The summed E-state index contributed by atoms with van der Waals surface area (Å²) in [6.45, 7) is 2.46. The second-order valence-corrected chi connectivity index (χ2v) is 5.69. The summed E-state index contributed by atoms with van der Waals surface area (Å²) in [6.07, 6.45) is 1.57. The molecule has 0 radical (unpaired) electrons. The number of carbonyl (C=O) groups is 2. The predicted molar refractivity (Wildman–Crippen MR) is 80.4 cm³/mol. The van der Waals surface area contributed by atoms with E-state index in [2.05, 4.69) is 5.32 Å². The Balaban J connectivity index is 2.00. The fraction of sp³-hybridized carbons (Fsp3) is 0.467. The molecule has 5 nitrogen and oxygen atoms in total. The van der Waals surface area contributed by atoms with E-state index in [1.54, 1.807) is 11.0 Å². The van der Waals surface area contributed by atoms with E-state index in [0.29, 0.717) is 11.6 Å². The molecule has 2 N–H and O–H groups in total. The lowest BCUT2D eigenvalue weighted by atomic mass is 10.1. The fourth-order valence-corrected chi connectivity index (χ4v) is 2.99. The van der Waals surface area contributed by atoms with E-state index in [-0.39, 0.29) is 24.5 Å². The quantitative estimate of drug-likeness (QED) is 0.898. The molecule has 1 aromatic carbocycles. The Labute approximate surface area is 128 Å². The van der Waals surface area contributed by atoms with Crippen molar-refractivity contribution in [1.29, 1.82) is 0 Å². The van der Waals surface area contributed by atoms with Crippen LogP contribution in [-0.4, -0.2) is 34.6 Å². The Morgan fingerprint density at radius 2 is 2.19 bits per heavy atom. The maximum absolute atomic E-state index is 12.3. The summed E-state index contributed by atoms with van der Waals surface area (Å²) in [5, 5.41) is 12.4. The van der Waals surface area contributed by atoms with E-state index >= 15 is 0 Å². The molecule has 0 spiro atoms. The number of nitrogens with one attached hydrogen (secondary N) is 1. The Morgan fingerprint density at radius 1 is 1.48 bits per heavy atom. The van der Waals surface area contributed by atoms with Crippen LogP contribution in [0, 0.1) is 0 Å². The molecule has 0 bridgehead atoms. The molecule has 1 saturated heterocycles. The van der Waals surface area contributed by atoms with Gasteiger partial charge in [-0.3, -0.25) is 4.79 Å². The van der Waals surface area contributed by atoms with E-state index in [4.69, 9.17) is 16.7 Å². The Bertz CT molecular complexity index is 535. The van der Waals surface area contributed by atoms with E-state index in [1.807, 2.05) is 25.1 Å². The van der Waals surface area contributed by atoms with Crippen LogP contribution in [0.3, 0.4) is 0 Å². The highest BCUT2D eigenvalue weighted by Gasteiger charge is 2.31. The normalized spacial score (nSPS) is 19.3. The molecule has 0 aliphatic carbocycles. The Kier molecular flexibility index (Phi) is 5.07. The third-order valence-electron chi connectivity index (χ3n) is 3.76. The number of hydrogen-bond donors (Lipinski definition) is 2. The van der Waals surface area contributed by atoms with E-state index in [9.17, 15) is 9.59 Å². The van der Waals surface area contributed by atoms with Crippen LogP contribution in [0.1, 0.15) is 37.8 Å². The zero-order chi connectivity index (χ0) is 15.4. The molecule has 1 fully saturated rings. The molecule has 21 heavy (non-hydrogen) atoms. The van der Waals surface area contributed by atoms with Gasteiger partial charge >= 0.3 is 12.0 Å². The van der Waals surface area contributed by atoms with E-state index in [1.165, 1.54) is 0 Å². The van der Waals surface area contributed by atoms with Crippen molar-refractivity contribution in [1.82, 2.24) is 10.2 Å². The first-order valence-corrected chi connectivity index (χ1v) is 7.40. The number of rotatable bonds is 4. The standard InChI is InChI=1S/C15H19ClN2O3/c1-10(12-6-2-3-7-13(12)16)17-15(21)18-8-4-5-11(18)9-14(19)20/h2-3,6-7,10-11H,4-5,8-9H2,1H3,(H,17,21)(H,19,20). The number of carboxylic acid groups (broad SMARTS) is 1. The number of urea groups is 1. The van der Waals surface area contributed by atoms with Crippen molar-refractivity contribution in [3.8, 4) is 0 Å². The van der Waals surface area contributed by atoms with Crippen molar-refractivity contribution < 1.29 is 14.7 Å². The van der Waals surface area contributed by atoms with Gasteiger partial charge in [0.1, 0.15) is 0 Å². The summed E-state index contributed by atoms with van der Waals surface area (Å²) in [6, 6.07) is 6.68. The average Bonchev–Trinajstić information content (AvgIpc) is 2.86. The van der Waals surface area contributed by atoms with Gasteiger partial charge in [-0.05, 0) is 31.4 Å². The van der Waals surface area contributed by atoms with E-state index < -0.39 is 5.97 Å². The summed E-state index contributed by atoms with van der Waals surface area (Å²) in [5.41, 5.74) is 0.849. The van der Waals surface area contributed by atoms with Gasteiger partial charge in [0.05, 0.1) is 12.5 Å².